The maximum absolute atomic E-state index is 10.9. The van der Waals surface area contributed by atoms with Crippen LogP contribution in [0.25, 0.3) is 12.2 Å². The third kappa shape index (κ3) is 2.49. The molecule has 0 unspecified atom stereocenters. The van der Waals surface area contributed by atoms with Gasteiger partial charge < -0.3 is 9.47 Å². The van der Waals surface area contributed by atoms with E-state index >= 15 is 0 Å². The van der Waals surface area contributed by atoms with Gasteiger partial charge in [0.15, 0.2) is 0 Å². The summed E-state index contributed by atoms with van der Waals surface area (Å²) in [5.41, 5.74) is 1.10. The van der Waals surface area contributed by atoms with Crippen LogP contribution in [0.3, 0.4) is 0 Å². The predicted octanol–water partition coefficient (Wildman–Crippen LogP) is 3.71. The molecule has 0 aliphatic carbocycles. The van der Waals surface area contributed by atoms with Crippen molar-refractivity contribution in [1.82, 2.24) is 0 Å². The van der Waals surface area contributed by atoms with Crippen molar-refractivity contribution in [2.45, 2.75) is 5.79 Å². The second kappa shape index (κ2) is 5.17. The molecule has 8 nitrogen and oxygen atoms in total. The monoisotopic (exact) mass is 338 g/mol. The zero-order chi connectivity index (χ0) is 17.6. The van der Waals surface area contributed by atoms with E-state index in [9.17, 15) is 20.2 Å². The van der Waals surface area contributed by atoms with E-state index in [1.165, 1.54) is 36.4 Å². The van der Waals surface area contributed by atoms with Gasteiger partial charge in [0.1, 0.15) is 11.5 Å². The molecular weight excluding hydrogens is 328 g/mol. The lowest BCUT2D eigenvalue weighted by molar-refractivity contribution is -0.385. The molecule has 25 heavy (non-hydrogen) atoms. The summed E-state index contributed by atoms with van der Waals surface area (Å²) < 4.78 is 11.8. The van der Waals surface area contributed by atoms with Gasteiger partial charge in [0.25, 0.3) is 17.2 Å². The van der Waals surface area contributed by atoms with E-state index in [4.69, 9.17) is 9.47 Å². The van der Waals surface area contributed by atoms with Crippen LogP contribution in [0.2, 0.25) is 0 Å². The molecule has 0 amide bonds. The first-order chi connectivity index (χ1) is 12.0. The first kappa shape index (κ1) is 14.9. The molecular formula is C17H10N2O6. The van der Waals surface area contributed by atoms with Crippen molar-refractivity contribution < 1.29 is 19.3 Å². The number of nitrogens with zero attached hydrogens (tertiary/aromatic N) is 2. The highest BCUT2D eigenvalue weighted by Gasteiger charge is 2.36. The van der Waals surface area contributed by atoms with Gasteiger partial charge in [-0.15, -0.1) is 0 Å². The molecule has 0 radical (unpaired) electrons. The summed E-state index contributed by atoms with van der Waals surface area (Å²) in [4.78, 5) is 20.8. The Kier molecular flexibility index (Phi) is 3.08. The average molecular weight is 338 g/mol. The molecule has 124 valence electrons. The predicted molar refractivity (Wildman–Crippen MR) is 88.2 cm³/mol. The van der Waals surface area contributed by atoms with E-state index in [2.05, 4.69) is 0 Å². The summed E-state index contributed by atoms with van der Waals surface area (Å²) in [6, 6.07) is 8.58. The molecule has 0 aromatic heterocycles. The van der Waals surface area contributed by atoms with E-state index in [-0.39, 0.29) is 11.4 Å². The quantitative estimate of drug-likeness (QED) is 0.610. The van der Waals surface area contributed by atoms with Crippen molar-refractivity contribution >= 4 is 23.5 Å². The SMILES string of the molecule is O=[N+]([O-])c1ccc2c(c1)C=CC1(C=Cc3cc([N+](=O)[O-])ccc3O1)O2. The summed E-state index contributed by atoms with van der Waals surface area (Å²) >= 11 is 0. The van der Waals surface area contributed by atoms with Crippen LogP contribution >= 0.6 is 0 Å². The van der Waals surface area contributed by atoms with Crippen LogP contribution in [0, 0.1) is 20.2 Å². The van der Waals surface area contributed by atoms with Gasteiger partial charge in [-0.1, -0.05) is 0 Å². The third-order valence-corrected chi connectivity index (χ3v) is 3.94. The Hall–Kier alpha value is -3.68. The molecule has 0 fully saturated rings. The zero-order valence-electron chi connectivity index (χ0n) is 12.6. The molecule has 2 aromatic carbocycles. The fourth-order valence-corrected chi connectivity index (χ4v) is 2.71. The number of fused-ring (bicyclic) bond motifs is 2. The Morgan fingerprint density at radius 2 is 1.20 bits per heavy atom. The van der Waals surface area contributed by atoms with Crippen LogP contribution in [-0.2, 0) is 0 Å². The maximum atomic E-state index is 10.9. The second-order valence-electron chi connectivity index (χ2n) is 5.55. The Morgan fingerprint density at radius 1 is 0.760 bits per heavy atom. The third-order valence-electron chi connectivity index (χ3n) is 3.94. The highest BCUT2D eigenvalue weighted by molar-refractivity contribution is 5.69. The first-order valence-electron chi connectivity index (χ1n) is 7.29. The second-order valence-corrected chi connectivity index (χ2v) is 5.55. The van der Waals surface area contributed by atoms with Gasteiger partial charge in [0.05, 0.1) is 9.85 Å². The number of non-ortho nitro benzene ring substituents is 2. The van der Waals surface area contributed by atoms with Gasteiger partial charge in [-0.2, -0.15) is 0 Å². The number of rotatable bonds is 2. The summed E-state index contributed by atoms with van der Waals surface area (Å²) in [5.74, 6) is -0.294. The molecule has 2 aliphatic rings. The van der Waals surface area contributed by atoms with Crippen LogP contribution in [0.5, 0.6) is 11.5 Å². The zero-order valence-corrected chi connectivity index (χ0v) is 12.6. The van der Waals surface area contributed by atoms with Crippen molar-refractivity contribution in [3.8, 4) is 11.5 Å². The van der Waals surface area contributed by atoms with Gasteiger partial charge in [0.2, 0.25) is 0 Å². The van der Waals surface area contributed by atoms with Crippen molar-refractivity contribution in [3.63, 3.8) is 0 Å². The van der Waals surface area contributed by atoms with Crippen molar-refractivity contribution in [2.75, 3.05) is 0 Å². The van der Waals surface area contributed by atoms with Gasteiger partial charge in [-0.05, 0) is 24.3 Å². The molecule has 0 saturated heterocycles. The minimum absolute atomic E-state index is 0.0271. The van der Waals surface area contributed by atoms with E-state index in [0.29, 0.717) is 22.6 Å². The summed E-state index contributed by atoms with van der Waals surface area (Å²) in [7, 11) is 0. The van der Waals surface area contributed by atoms with Crippen molar-refractivity contribution in [3.05, 3.63) is 79.9 Å². The van der Waals surface area contributed by atoms with Gasteiger partial charge in [0, 0.05) is 47.5 Å². The minimum atomic E-state index is -1.19. The Balaban J connectivity index is 1.67. The van der Waals surface area contributed by atoms with Crippen LogP contribution in [-0.4, -0.2) is 15.6 Å². The maximum Gasteiger partial charge on any atom is 0.291 e. The van der Waals surface area contributed by atoms with Crippen molar-refractivity contribution in [2.24, 2.45) is 0 Å². The topological polar surface area (TPSA) is 105 Å². The lowest BCUT2D eigenvalue weighted by Crippen LogP contribution is -2.41. The summed E-state index contributed by atoms with van der Waals surface area (Å²) in [6.07, 6.45) is 6.65. The number of nitro benzene ring substituents is 2. The molecule has 2 heterocycles. The van der Waals surface area contributed by atoms with Crippen LogP contribution in [0.15, 0.2) is 48.6 Å². The minimum Gasteiger partial charge on any atom is -0.445 e. The molecule has 0 saturated carbocycles. The van der Waals surface area contributed by atoms with E-state index in [1.54, 1.807) is 24.3 Å². The highest BCUT2D eigenvalue weighted by atomic mass is 16.7. The molecule has 8 heteroatoms. The molecule has 2 aromatic rings. The van der Waals surface area contributed by atoms with E-state index in [0.717, 1.165) is 0 Å². The van der Waals surface area contributed by atoms with Crippen LogP contribution < -0.4 is 9.47 Å². The number of hydrogen-bond donors (Lipinski definition) is 0. The molecule has 0 atom stereocenters. The Morgan fingerprint density at radius 3 is 1.60 bits per heavy atom. The number of ether oxygens (including phenoxy) is 2. The highest BCUT2D eigenvalue weighted by Crippen LogP contribution is 2.40. The van der Waals surface area contributed by atoms with E-state index < -0.39 is 15.6 Å². The molecule has 0 N–H and O–H groups in total. The fraction of sp³-hybridized carbons (Fsp3) is 0.0588. The Bertz CT molecular complexity index is 900. The fourth-order valence-electron chi connectivity index (χ4n) is 2.71. The molecule has 0 bridgehead atoms. The first-order valence-corrected chi connectivity index (χ1v) is 7.29. The van der Waals surface area contributed by atoms with E-state index in [1.807, 2.05) is 0 Å². The summed E-state index contributed by atoms with van der Waals surface area (Å²) in [5, 5.41) is 21.7. The Labute approximate surface area is 140 Å². The number of benzene rings is 2. The van der Waals surface area contributed by atoms with Crippen LogP contribution in [0.1, 0.15) is 11.1 Å². The van der Waals surface area contributed by atoms with Gasteiger partial charge in [-0.25, -0.2) is 0 Å². The molecule has 1 spiro atoms. The number of hydrogen-bond acceptors (Lipinski definition) is 6. The lowest BCUT2D eigenvalue weighted by atomic mass is 10.0. The standard InChI is InChI=1S/C17H10N2O6/c20-18(21)13-1-3-15-11(9-13)5-7-17(24-15)8-6-12-10-14(19(22)23)2-4-16(12)25-17/h1-10H. The van der Waals surface area contributed by atoms with Crippen LogP contribution in [0.4, 0.5) is 11.4 Å². The van der Waals surface area contributed by atoms with Gasteiger partial charge >= 0.3 is 0 Å². The average Bonchev–Trinajstić information content (AvgIpc) is 2.60. The molecule has 4 rings (SSSR count). The normalized spacial score (nSPS) is 15.7. The molecule has 2 aliphatic heterocycles. The number of nitro groups is 2. The largest absolute Gasteiger partial charge is 0.445 e. The smallest absolute Gasteiger partial charge is 0.291 e. The lowest BCUT2D eigenvalue weighted by Gasteiger charge is -2.35. The summed E-state index contributed by atoms with van der Waals surface area (Å²) in [6.45, 7) is 0. The van der Waals surface area contributed by atoms with Crippen molar-refractivity contribution in [1.29, 1.82) is 0 Å². The van der Waals surface area contributed by atoms with Gasteiger partial charge in [-0.3, -0.25) is 20.2 Å².